The number of aryl methyl sites for hydroxylation is 1. The van der Waals surface area contributed by atoms with Crippen molar-refractivity contribution in [2.75, 3.05) is 5.32 Å². The molecule has 34 heavy (non-hydrogen) atoms. The number of anilines is 2. The van der Waals surface area contributed by atoms with Gasteiger partial charge in [0.2, 0.25) is 0 Å². The Hall–Kier alpha value is -3.26. The van der Waals surface area contributed by atoms with Gasteiger partial charge in [-0.2, -0.15) is 13.2 Å². The summed E-state index contributed by atoms with van der Waals surface area (Å²) in [6, 6.07) is 15.6. The van der Waals surface area contributed by atoms with E-state index in [1.807, 2.05) is 6.07 Å². The Labute approximate surface area is 199 Å². The van der Waals surface area contributed by atoms with Crippen molar-refractivity contribution in [2.45, 2.75) is 38.8 Å². The van der Waals surface area contributed by atoms with Gasteiger partial charge in [-0.1, -0.05) is 29.8 Å². The number of benzene rings is 2. The van der Waals surface area contributed by atoms with Gasteiger partial charge in [-0.3, -0.25) is 9.59 Å². The average molecular weight is 488 g/mol. The van der Waals surface area contributed by atoms with Crippen molar-refractivity contribution in [1.82, 2.24) is 10.2 Å². The quantitative estimate of drug-likeness (QED) is 0.425. The number of nitrogens with zero attached hydrogens (tertiary/aromatic N) is 2. The number of carbonyl (C=O) groups is 2. The molecule has 176 valence electrons. The van der Waals surface area contributed by atoms with Crippen molar-refractivity contribution >= 4 is 34.7 Å². The minimum absolute atomic E-state index is 0.0322. The van der Waals surface area contributed by atoms with Gasteiger partial charge in [-0.25, -0.2) is 0 Å². The summed E-state index contributed by atoms with van der Waals surface area (Å²) in [5.74, 6) is -0.542. The zero-order valence-corrected chi connectivity index (χ0v) is 19.0. The van der Waals surface area contributed by atoms with Crippen molar-refractivity contribution in [3.63, 3.8) is 0 Å². The van der Waals surface area contributed by atoms with E-state index < -0.39 is 36.0 Å². The zero-order chi connectivity index (χ0) is 24.5. The number of halogens is 4. The van der Waals surface area contributed by atoms with E-state index in [1.54, 1.807) is 42.5 Å². The van der Waals surface area contributed by atoms with Crippen LogP contribution in [-0.4, -0.2) is 27.9 Å². The van der Waals surface area contributed by atoms with Crippen molar-refractivity contribution in [2.24, 2.45) is 5.41 Å². The number of rotatable bonds is 6. The maximum Gasteiger partial charge on any atom is 0.390 e. The molecular formula is C25H21ClF3N3O2. The van der Waals surface area contributed by atoms with Gasteiger partial charge in [0.05, 0.1) is 12.1 Å². The van der Waals surface area contributed by atoms with Crippen LogP contribution in [0.4, 0.5) is 24.7 Å². The molecule has 0 bridgehead atoms. The van der Waals surface area contributed by atoms with Crippen LogP contribution in [0.3, 0.4) is 0 Å². The Morgan fingerprint density at radius 1 is 1.12 bits per heavy atom. The van der Waals surface area contributed by atoms with Crippen LogP contribution in [0.2, 0.25) is 5.02 Å². The van der Waals surface area contributed by atoms with E-state index in [0.717, 1.165) is 5.69 Å². The molecule has 0 fully saturated rings. The highest BCUT2D eigenvalue weighted by Gasteiger charge is 2.50. The van der Waals surface area contributed by atoms with E-state index >= 15 is 0 Å². The number of ketones is 2. The summed E-state index contributed by atoms with van der Waals surface area (Å²) < 4.78 is 39.8. The Balaban J connectivity index is 1.57. The number of Topliss-reactive ketones (excluding diaryl/α,β-unsaturated/α-hetero) is 2. The summed E-state index contributed by atoms with van der Waals surface area (Å²) in [6.07, 6.45) is -6.03. The Morgan fingerprint density at radius 3 is 2.56 bits per heavy atom. The van der Waals surface area contributed by atoms with E-state index in [9.17, 15) is 22.8 Å². The van der Waals surface area contributed by atoms with Gasteiger partial charge in [0, 0.05) is 33.7 Å². The molecule has 1 heterocycles. The first-order valence-electron chi connectivity index (χ1n) is 10.7. The predicted octanol–water partition coefficient (Wildman–Crippen LogP) is 6.59. The van der Waals surface area contributed by atoms with Crippen LogP contribution in [0.15, 0.2) is 54.6 Å². The fraction of sp³-hybridized carbons (Fsp3) is 0.280. The fourth-order valence-corrected chi connectivity index (χ4v) is 4.67. The number of carbonyl (C=O) groups excluding carboxylic acids is 2. The molecule has 0 amide bonds. The van der Waals surface area contributed by atoms with Gasteiger partial charge in [-0.15, -0.1) is 10.2 Å². The lowest BCUT2D eigenvalue weighted by Crippen LogP contribution is -2.41. The first-order chi connectivity index (χ1) is 16.0. The first-order valence-corrected chi connectivity index (χ1v) is 11.0. The van der Waals surface area contributed by atoms with Crippen LogP contribution in [0.5, 0.6) is 0 Å². The predicted molar refractivity (Wildman–Crippen MR) is 123 cm³/mol. The zero-order valence-electron chi connectivity index (χ0n) is 18.2. The van der Waals surface area contributed by atoms with Crippen molar-refractivity contribution in [1.29, 1.82) is 0 Å². The average Bonchev–Trinajstić information content (AvgIpc) is 2.75. The van der Waals surface area contributed by atoms with E-state index in [2.05, 4.69) is 15.5 Å². The second-order valence-corrected chi connectivity index (χ2v) is 9.03. The van der Waals surface area contributed by atoms with Gasteiger partial charge in [0.15, 0.2) is 11.6 Å². The topological polar surface area (TPSA) is 72.0 Å². The van der Waals surface area contributed by atoms with Crippen LogP contribution < -0.4 is 5.32 Å². The summed E-state index contributed by atoms with van der Waals surface area (Å²) in [4.78, 5) is 24.9. The number of hydrogen-bond acceptors (Lipinski definition) is 5. The minimum Gasteiger partial charge on any atom is -0.339 e. The molecule has 4 rings (SSSR count). The monoisotopic (exact) mass is 487 g/mol. The van der Waals surface area contributed by atoms with Crippen molar-refractivity contribution in [3.8, 4) is 11.3 Å². The molecule has 0 spiro atoms. The number of aromatic nitrogens is 2. The van der Waals surface area contributed by atoms with Crippen LogP contribution in [-0.2, 0) is 11.2 Å². The van der Waals surface area contributed by atoms with E-state index in [1.165, 1.54) is 13.0 Å². The summed E-state index contributed by atoms with van der Waals surface area (Å²) in [5, 5.41) is 12.1. The molecule has 1 aromatic heterocycles. The molecule has 1 unspecified atom stereocenters. The molecule has 9 heteroatoms. The lowest BCUT2D eigenvalue weighted by Gasteiger charge is -2.36. The summed E-state index contributed by atoms with van der Waals surface area (Å²) in [7, 11) is 0. The number of nitrogens with one attached hydrogen (secondary N) is 1. The molecule has 1 atom stereocenters. The Morgan fingerprint density at radius 2 is 1.91 bits per heavy atom. The fourth-order valence-electron chi connectivity index (χ4n) is 4.48. The molecular weight excluding hydrogens is 467 g/mol. The molecule has 0 aliphatic heterocycles. The largest absolute Gasteiger partial charge is 0.390 e. The van der Waals surface area contributed by atoms with Crippen LogP contribution >= 0.6 is 11.6 Å². The molecule has 0 saturated carbocycles. The molecule has 0 radical (unpaired) electrons. The third-order valence-electron chi connectivity index (χ3n) is 5.89. The molecule has 5 nitrogen and oxygen atoms in total. The van der Waals surface area contributed by atoms with Gasteiger partial charge in [-0.05, 0) is 61.7 Å². The maximum absolute atomic E-state index is 13.3. The molecule has 2 aromatic carbocycles. The second kappa shape index (κ2) is 9.18. The normalized spacial score (nSPS) is 17.9. The number of hydrogen-bond donors (Lipinski definition) is 1. The molecule has 1 N–H and O–H groups in total. The second-order valence-electron chi connectivity index (χ2n) is 8.59. The standard InChI is InChI=1S/C25H21ClF3N3O2/c1-15(33)13-24(14-25(27,28)29)10-9-16-11-17(5-6-20(16)23(24)34)21-7-8-22(32-31-21)30-19-4-2-3-18(26)12-19/h2-8,11-12H,9-10,13-14H2,1H3,(H,30,32). The van der Waals surface area contributed by atoms with Crippen LogP contribution in [0.25, 0.3) is 11.3 Å². The lowest BCUT2D eigenvalue weighted by atomic mass is 9.65. The molecule has 1 aliphatic rings. The maximum atomic E-state index is 13.3. The van der Waals surface area contributed by atoms with Gasteiger partial charge in [0.25, 0.3) is 0 Å². The Kier molecular flexibility index (Phi) is 6.45. The third kappa shape index (κ3) is 5.28. The van der Waals surface area contributed by atoms with E-state index in [0.29, 0.717) is 27.7 Å². The number of fused-ring (bicyclic) bond motifs is 1. The highest BCUT2D eigenvalue weighted by Crippen LogP contribution is 2.46. The molecule has 1 aliphatic carbocycles. The van der Waals surface area contributed by atoms with E-state index in [4.69, 9.17) is 11.6 Å². The highest BCUT2D eigenvalue weighted by molar-refractivity contribution is 6.30. The van der Waals surface area contributed by atoms with Gasteiger partial charge >= 0.3 is 6.18 Å². The number of alkyl halides is 3. The first kappa shape index (κ1) is 23.9. The van der Waals surface area contributed by atoms with Gasteiger partial charge in [0.1, 0.15) is 5.78 Å². The van der Waals surface area contributed by atoms with Crippen molar-refractivity contribution in [3.05, 3.63) is 70.7 Å². The van der Waals surface area contributed by atoms with Gasteiger partial charge < -0.3 is 5.32 Å². The summed E-state index contributed by atoms with van der Waals surface area (Å²) >= 11 is 5.99. The minimum atomic E-state index is -4.54. The van der Waals surface area contributed by atoms with Crippen molar-refractivity contribution < 1.29 is 22.8 Å². The lowest BCUT2D eigenvalue weighted by molar-refractivity contribution is -0.156. The Bertz CT molecular complexity index is 1240. The third-order valence-corrected chi connectivity index (χ3v) is 6.12. The summed E-state index contributed by atoms with van der Waals surface area (Å²) in [5.41, 5.74) is 1.15. The SMILES string of the molecule is CC(=O)CC1(CC(F)(F)F)CCc2cc(-c3ccc(Nc4cccc(Cl)c4)nn3)ccc2C1=O. The molecule has 3 aromatic rings. The van der Waals surface area contributed by atoms with E-state index in [-0.39, 0.29) is 18.4 Å². The van der Waals surface area contributed by atoms with Crippen LogP contribution in [0.1, 0.15) is 42.1 Å². The smallest absolute Gasteiger partial charge is 0.339 e. The highest BCUT2D eigenvalue weighted by atomic mass is 35.5. The molecule has 0 saturated heterocycles. The van der Waals surface area contributed by atoms with Crippen LogP contribution in [0, 0.1) is 5.41 Å². The summed E-state index contributed by atoms with van der Waals surface area (Å²) in [6.45, 7) is 1.22.